The van der Waals surface area contributed by atoms with E-state index in [4.69, 9.17) is 26.2 Å². The monoisotopic (exact) mass is 598 g/mol. The van der Waals surface area contributed by atoms with Gasteiger partial charge < -0.3 is 26.2 Å². The fourth-order valence-corrected chi connectivity index (χ4v) is 23.8. The molecule has 1 aliphatic rings. The lowest BCUT2D eigenvalue weighted by molar-refractivity contribution is 0.115. The van der Waals surface area contributed by atoms with E-state index in [1.807, 2.05) is 0 Å². The molecular weight excluding hydrogens is 537 g/mol. The first-order valence-corrected chi connectivity index (χ1v) is 29.2. The van der Waals surface area contributed by atoms with Gasteiger partial charge in [0, 0.05) is 21.8 Å². The highest BCUT2D eigenvalue weighted by Gasteiger charge is 2.46. The van der Waals surface area contributed by atoms with Gasteiger partial charge in [-0.05, 0) is 64.3 Å². The second-order valence-corrected chi connectivity index (χ2v) is 34.0. The molecule has 0 amide bonds. The molecule has 11 heteroatoms. The van der Waals surface area contributed by atoms with E-state index in [0.717, 1.165) is 19.1 Å². The van der Waals surface area contributed by atoms with Gasteiger partial charge in [0.1, 0.15) is 6.10 Å². The van der Waals surface area contributed by atoms with Gasteiger partial charge in [-0.2, -0.15) is 0 Å². The van der Waals surface area contributed by atoms with E-state index in [1.165, 1.54) is 37.8 Å². The van der Waals surface area contributed by atoms with Crippen molar-refractivity contribution in [1.29, 1.82) is 0 Å². The average Bonchev–Trinajstić information content (AvgIpc) is 3.53. The van der Waals surface area contributed by atoms with E-state index in [0.29, 0.717) is 19.3 Å². The van der Waals surface area contributed by atoms with Gasteiger partial charge in [-0.25, -0.2) is 0 Å². The lowest BCUT2D eigenvalue weighted by atomic mass is 10.4. The van der Waals surface area contributed by atoms with Gasteiger partial charge in [0.15, 0.2) is 8.32 Å². The van der Waals surface area contributed by atoms with Crippen LogP contribution in [0.15, 0.2) is 0 Å². The maximum absolute atomic E-state index is 6.76. The minimum Gasteiger partial charge on any atom is -0.436 e. The lowest BCUT2D eigenvalue weighted by Crippen LogP contribution is -2.58. The molecule has 0 aromatic rings. The predicted molar refractivity (Wildman–Crippen MR) is 167 cm³/mol. The predicted octanol–water partition coefficient (Wildman–Crippen LogP) is 8.09. The van der Waals surface area contributed by atoms with Crippen molar-refractivity contribution in [3.63, 3.8) is 0 Å². The van der Waals surface area contributed by atoms with Gasteiger partial charge >= 0.3 is 25.7 Å². The topological polar surface area (TPSA) is 58.7 Å². The van der Waals surface area contributed by atoms with E-state index in [2.05, 4.69) is 79.3 Å². The summed E-state index contributed by atoms with van der Waals surface area (Å²) in [5.74, 6) is 0. The van der Waals surface area contributed by atoms with Crippen molar-refractivity contribution >= 4 is 42.1 Å². The molecule has 0 bridgehead atoms. The fraction of sp³-hybridized carbons (Fsp3) is 1.00. The van der Waals surface area contributed by atoms with Crippen LogP contribution >= 0.6 is 0 Å². The summed E-state index contributed by atoms with van der Waals surface area (Å²) in [5.41, 5.74) is 0. The molecule has 0 aromatic heterocycles. The maximum Gasteiger partial charge on any atom is 0.322 e. The van der Waals surface area contributed by atoms with Gasteiger partial charge in [-0.1, -0.05) is 65.2 Å². The summed E-state index contributed by atoms with van der Waals surface area (Å²) in [6.07, 6.45) is 6.47. The molecule has 36 heavy (non-hydrogen) atoms. The van der Waals surface area contributed by atoms with E-state index >= 15 is 0 Å². The first-order valence-electron chi connectivity index (χ1n) is 14.2. The van der Waals surface area contributed by atoms with Gasteiger partial charge in [0.05, 0.1) is 13.2 Å². The standard InChI is InChI=1S/C18H44O6Si4.C7H18Si/c1-10-11-14-25(3,4)22-27(7,8)24-28(9,23-26(5,6)19-2)15-12-13-20-16-18-17-21-18;1-5-6-7-8(2,3)4/h18H,10-17H2,1-9H3;5-7H2,1-4H3. The van der Waals surface area contributed by atoms with E-state index < -0.39 is 42.1 Å². The summed E-state index contributed by atoms with van der Waals surface area (Å²) in [6.45, 7) is 29.3. The van der Waals surface area contributed by atoms with Gasteiger partial charge in [-0.15, -0.1) is 0 Å². The van der Waals surface area contributed by atoms with Crippen molar-refractivity contribution in [3.05, 3.63) is 0 Å². The Morgan fingerprint density at radius 2 is 1.22 bits per heavy atom. The van der Waals surface area contributed by atoms with Crippen LogP contribution in [-0.4, -0.2) is 75.1 Å². The van der Waals surface area contributed by atoms with Crippen LogP contribution in [0.4, 0.5) is 0 Å². The van der Waals surface area contributed by atoms with Crippen molar-refractivity contribution in [3.8, 4) is 0 Å². The second kappa shape index (κ2) is 16.8. The summed E-state index contributed by atoms with van der Waals surface area (Å²) in [7, 11) is -7.65. The highest BCUT2D eigenvalue weighted by molar-refractivity contribution is 6.89. The van der Waals surface area contributed by atoms with Crippen LogP contribution in [0.1, 0.15) is 46.0 Å². The maximum atomic E-state index is 6.76. The number of hydrogen-bond donors (Lipinski definition) is 0. The zero-order valence-corrected chi connectivity index (χ0v) is 31.3. The van der Waals surface area contributed by atoms with Crippen LogP contribution in [0.2, 0.25) is 83.6 Å². The molecular formula is C25H62O6Si5. The molecule has 0 aromatic carbocycles. The zero-order chi connectivity index (χ0) is 28.1. The van der Waals surface area contributed by atoms with Gasteiger partial charge in [-0.3, -0.25) is 0 Å². The van der Waals surface area contributed by atoms with E-state index in [9.17, 15) is 0 Å². The minimum absolute atomic E-state index is 0.311. The molecule has 0 N–H and O–H groups in total. The molecule has 2 atom stereocenters. The number of rotatable bonds is 19. The van der Waals surface area contributed by atoms with Crippen LogP contribution in [0.3, 0.4) is 0 Å². The molecule has 0 saturated carbocycles. The number of hydrogen-bond acceptors (Lipinski definition) is 6. The number of epoxide rings is 1. The highest BCUT2D eigenvalue weighted by Crippen LogP contribution is 2.29. The third-order valence-corrected chi connectivity index (χ3v) is 23.2. The molecule has 1 heterocycles. The Balaban J connectivity index is 0.00000131. The molecule has 2 unspecified atom stereocenters. The summed E-state index contributed by atoms with van der Waals surface area (Å²) >= 11 is 0. The molecule has 6 nitrogen and oxygen atoms in total. The third-order valence-electron chi connectivity index (χ3n) is 5.98. The van der Waals surface area contributed by atoms with E-state index in [-0.39, 0.29) is 0 Å². The van der Waals surface area contributed by atoms with Crippen molar-refractivity contribution < 1.29 is 26.2 Å². The smallest absolute Gasteiger partial charge is 0.322 e. The minimum atomic E-state index is -2.45. The molecule has 218 valence electrons. The Labute approximate surface area is 230 Å². The van der Waals surface area contributed by atoms with Crippen LogP contribution in [0.25, 0.3) is 0 Å². The Hall–Kier alpha value is 0.844. The number of ether oxygens (including phenoxy) is 2. The zero-order valence-electron chi connectivity index (χ0n) is 26.3. The van der Waals surface area contributed by atoms with Crippen molar-refractivity contribution in [2.24, 2.45) is 0 Å². The van der Waals surface area contributed by atoms with Gasteiger partial charge in [0.25, 0.3) is 0 Å². The Kier molecular flexibility index (Phi) is 17.2. The normalized spacial score (nSPS) is 18.4. The summed E-state index contributed by atoms with van der Waals surface area (Å²) < 4.78 is 36.6. The molecule has 1 aliphatic heterocycles. The number of unbranched alkanes of at least 4 members (excludes halogenated alkanes) is 2. The third kappa shape index (κ3) is 20.8. The first-order chi connectivity index (χ1) is 16.4. The second-order valence-electron chi connectivity index (χ2n) is 13.1. The summed E-state index contributed by atoms with van der Waals surface area (Å²) in [6, 6.07) is 3.57. The van der Waals surface area contributed by atoms with Crippen LogP contribution in [-0.2, 0) is 26.2 Å². The van der Waals surface area contributed by atoms with Crippen molar-refractivity contribution in [2.45, 2.75) is 136 Å². The Morgan fingerprint density at radius 3 is 1.67 bits per heavy atom. The average molecular weight is 599 g/mol. The van der Waals surface area contributed by atoms with Crippen LogP contribution in [0, 0.1) is 0 Å². The molecule has 1 fully saturated rings. The Bertz CT molecular complexity index is 582. The van der Waals surface area contributed by atoms with Gasteiger partial charge in [0.2, 0.25) is 0 Å². The highest BCUT2D eigenvalue weighted by atomic mass is 28.5. The summed E-state index contributed by atoms with van der Waals surface area (Å²) in [4.78, 5) is 0. The van der Waals surface area contributed by atoms with Crippen molar-refractivity contribution in [2.75, 3.05) is 26.9 Å². The van der Waals surface area contributed by atoms with Crippen molar-refractivity contribution in [1.82, 2.24) is 0 Å². The Morgan fingerprint density at radius 1 is 0.694 bits per heavy atom. The SMILES string of the molecule is CCCC[Si](C)(C)C.CCCC[Si](C)(C)O[Si](C)(C)O[Si](C)(CCCOCC1CO1)O[Si](C)(C)OC. The molecule has 0 aliphatic carbocycles. The largest absolute Gasteiger partial charge is 0.436 e. The lowest BCUT2D eigenvalue weighted by Gasteiger charge is -2.42. The fourth-order valence-electron chi connectivity index (χ4n) is 4.13. The van der Waals surface area contributed by atoms with E-state index in [1.54, 1.807) is 7.11 Å². The molecule has 1 saturated heterocycles. The summed E-state index contributed by atoms with van der Waals surface area (Å²) in [5, 5.41) is 0. The van der Waals surface area contributed by atoms with Crippen LogP contribution < -0.4 is 0 Å². The molecule has 1 rings (SSSR count). The van der Waals surface area contributed by atoms with Crippen LogP contribution in [0.5, 0.6) is 0 Å². The first kappa shape index (κ1) is 36.8. The molecule has 0 radical (unpaired) electrons. The quantitative estimate of drug-likeness (QED) is 0.0850. The molecule has 0 spiro atoms.